The van der Waals surface area contributed by atoms with Gasteiger partial charge in [0.05, 0.1) is 10.2 Å². The quantitative estimate of drug-likeness (QED) is 0.736. The van der Waals surface area contributed by atoms with E-state index in [9.17, 15) is 9.90 Å². The largest absolute Gasteiger partial charge is 0.505 e. The minimum absolute atomic E-state index is 0.0511. The van der Waals surface area contributed by atoms with Gasteiger partial charge >= 0.3 is 6.09 Å². The molecule has 0 spiro atoms. The van der Waals surface area contributed by atoms with Gasteiger partial charge in [-0.15, -0.1) is 0 Å². The minimum atomic E-state index is -0.630. The number of aromatic hydroxyl groups is 1. The number of hydrogen-bond acceptors (Lipinski definition) is 3. The molecule has 0 unspecified atom stereocenters. The first-order chi connectivity index (χ1) is 9.56. The van der Waals surface area contributed by atoms with Crippen molar-refractivity contribution < 1.29 is 14.6 Å². The summed E-state index contributed by atoms with van der Waals surface area (Å²) in [5, 5.41) is 12.3. The Bertz CT molecular complexity index is 617. The maximum absolute atomic E-state index is 11.7. The Labute approximate surface area is 133 Å². The number of hydrogen-bond donors (Lipinski definition) is 2. The number of carbonyl (C=O) groups excluding carboxylic acids is 1. The zero-order chi connectivity index (χ0) is 14.5. The maximum Gasteiger partial charge on any atom is 0.412 e. The molecule has 0 saturated heterocycles. The molecule has 0 radical (unpaired) electrons. The summed E-state index contributed by atoms with van der Waals surface area (Å²) in [6, 6.07) is 12.6. The van der Waals surface area contributed by atoms with Gasteiger partial charge in [-0.25, -0.2) is 4.79 Å². The van der Waals surface area contributed by atoms with Crippen LogP contribution in [0, 0.1) is 0 Å². The van der Waals surface area contributed by atoms with Crippen molar-refractivity contribution in [3.8, 4) is 5.75 Å². The second kappa shape index (κ2) is 6.76. The van der Waals surface area contributed by atoms with Crippen LogP contribution in [0.2, 0.25) is 0 Å². The van der Waals surface area contributed by atoms with E-state index in [1.54, 1.807) is 12.1 Å². The summed E-state index contributed by atoms with van der Waals surface area (Å²) < 4.78 is 6.27. The standard InChI is InChI=1S/C14H11Br2NO3/c15-10-6-11(16)13(18)12(7-10)17-14(19)20-8-9-4-2-1-3-5-9/h1-7,18H,8H2,(H,17,19). The molecule has 0 saturated carbocycles. The van der Waals surface area contributed by atoms with E-state index in [4.69, 9.17) is 4.74 Å². The van der Waals surface area contributed by atoms with E-state index >= 15 is 0 Å². The number of anilines is 1. The Hall–Kier alpha value is -1.53. The molecule has 6 heteroatoms. The number of ether oxygens (including phenoxy) is 1. The third kappa shape index (κ3) is 3.98. The lowest BCUT2D eigenvalue weighted by Crippen LogP contribution is -2.13. The summed E-state index contributed by atoms with van der Waals surface area (Å²) in [5.74, 6) is -0.0511. The molecule has 0 bridgehead atoms. The van der Waals surface area contributed by atoms with Gasteiger partial charge < -0.3 is 9.84 Å². The van der Waals surface area contributed by atoms with E-state index in [2.05, 4.69) is 37.2 Å². The molecule has 1 amide bonds. The molecule has 104 valence electrons. The summed E-state index contributed by atoms with van der Waals surface area (Å²) >= 11 is 6.47. The monoisotopic (exact) mass is 399 g/mol. The molecule has 2 N–H and O–H groups in total. The zero-order valence-corrected chi connectivity index (χ0v) is 13.4. The van der Waals surface area contributed by atoms with Gasteiger partial charge in [0.2, 0.25) is 0 Å². The van der Waals surface area contributed by atoms with Crippen molar-refractivity contribution >= 4 is 43.6 Å². The van der Waals surface area contributed by atoms with Gasteiger partial charge in [-0.1, -0.05) is 46.3 Å². The molecule has 0 aliphatic heterocycles. The van der Waals surface area contributed by atoms with Crippen molar-refractivity contribution in [2.24, 2.45) is 0 Å². The summed E-state index contributed by atoms with van der Waals surface area (Å²) in [6.45, 7) is 0.169. The molecular weight excluding hydrogens is 390 g/mol. The first-order valence-corrected chi connectivity index (χ1v) is 7.30. The van der Waals surface area contributed by atoms with Crippen LogP contribution in [0.3, 0.4) is 0 Å². The third-order valence-corrected chi connectivity index (χ3v) is 3.54. The molecule has 0 heterocycles. The predicted octanol–water partition coefficient (Wildman–Crippen LogP) is 4.67. The normalized spacial score (nSPS) is 10.1. The van der Waals surface area contributed by atoms with Crippen LogP contribution in [0.15, 0.2) is 51.4 Å². The lowest BCUT2D eigenvalue weighted by Gasteiger charge is -2.10. The molecule has 0 aliphatic rings. The van der Waals surface area contributed by atoms with Crippen LogP contribution in [0.5, 0.6) is 5.75 Å². The molecule has 2 aromatic carbocycles. The number of phenolic OH excluding ortho intramolecular Hbond substituents is 1. The highest BCUT2D eigenvalue weighted by atomic mass is 79.9. The molecule has 0 atom stereocenters. The molecule has 20 heavy (non-hydrogen) atoms. The zero-order valence-electron chi connectivity index (χ0n) is 10.3. The highest BCUT2D eigenvalue weighted by Gasteiger charge is 2.11. The Morgan fingerprint density at radius 2 is 1.90 bits per heavy atom. The SMILES string of the molecule is O=C(Nc1cc(Br)cc(Br)c1O)OCc1ccccc1. The lowest BCUT2D eigenvalue weighted by molar-refractivity contribution is 0.155. The van der Waals surface area contributed by atoms with Gasteiger partial charge in [0.1, 0.15) is 6.61 Å². The summed E-state index contributed by atoms with van der Waals surface area (Å²) in [5.41, 5.74) is 1.16. The summed E-state index contributed by atoms with van der Waals surface area (Å²) in [6.07, 6.45) is -0.630. The van der Waals surface area contributed by atoms with Crippen LogP contribution in [0.1, 0.15) is 5.56 Å². The molecule has 4 nitrogen and oxygen atoms in total. The highest BCUT2D eigenvalue weighted by molar-refractivity contribution is 9.11. The molecule has 0 fully saturated rings. The van der Waals surface area contributed by atoms with E-state index in [1.807, 2.05) is 30.3 Å². The fourth-order valence-corrected chi connectivity index (χ4v) is 2.76. The number of benzene rings is 2. The Balaban J connectivity index is 1.98. The molecule has 2 aromatic rings. The molecule has 0 aromatic heterocycles. The van der Waals surface area contributed by atoms with Crippen LogP contribution in [-0.4, -0.2) is 11.2 Å². The van der Waals surface area contributed by atoms with Gasteiger partial charge in [0.25, 0.3) is 0 Å². The maximum atomic E-state index is 11.7. The number of halogens is 2. The van der Waals surface area contributed by atoms with Crippen LogP contribution in [0.4, 0.5) is 10.5 Å². The van der Waals surface area contributed by atoms with Crippen molar-refractivity contribution in [2.75, 3.05) is 5.32 Å². The fourth-order valence-electron chi connectivity index (χ4n) is 1.53. The van der Waals surface area contributed by atoms with Crippen LogP contribution in [-0.2, 0) is 11.3 Å². The number of carbonyl (C=O) groups is 1. The summed E-state index contributed by atoms with van der Waals surface area (Å²) in [4.78, 5) is 11.7. The predicted molar refractivity (Wildman–Crippen MR) is 83.8 cm³/mol. The van der Waals surface area contributed by atoms with E-state index in [0.717, 1.165) is 10.0 Å². The van der Waals surface area contributed by atoms with Crippen LogP contribution >= 0.6 is 31.9 Å². The first kappa shape index (κ1) is 14.9. The number of nitrogens with one attached hydrogen (secondary N) is 1. The number of rotatable bonds is 3. The topological polar surface area (TPSA) is 58.6 Å². The van der Waals surface area contributed by atoms with E-state index in [0.29, 0.717) is 4.47 Å². The Kier molecular flexibility index (Phi) is 5.03. The first-order valence-electron chi connectivity index (χ1n) is 5.72. The van der Waals surface area contributed by atoms with Crippen molar-refractivity contribution in [3.05, 3.63) is 57.0 Å². The van der Waals surface area contributed by atoms with Gasteiger partial charge in [-0.05, 0) is 33.6 Å². The van der Waals surface area contributed by atoms with Gasteiger partial charge in [-0.3, -0.25) is 5.32 Å². The van der Waals surface area contributed by atoms with Crippen LogP contribution in [0.25, 0.3) is 0 Å². The minimum Gasteiger partial charge on any atom is -0.505 e. The molecule has 0 aliphatic carbocycles. The van der Waals surface area contributed by atoms with E-state index < -0.39 is 6.09 Å². The second-order valence-electron chi connectivity index (χ2n) is 3.97. The Morgan fingerprint density at radius 1 is 1.20 bits per heavy atom. The van der Waals surface area contributed by atoms with Gasteiger partial charge in [0, 0.05) is 4.47 Å². The second-order valence-corrected chi connectivity index (χ2v) is 5.74. The van der Waals surface area contributed by atoms with Crippen molar-refractivity contribution in [1.29, 1.82) is 0 Å². The van der Waals surface area contributed by atoms with E-state index in [1.165, 1.54) is 0 Å². The highest BCUT2D eigenvalue weighted by Crippen LogP contribution is 2.35. The van der Waals surface area contributed by atoms with Gasteiger partial charge in [-0.2, -0.15) is 0 Å². The fraction of sp³-hybridized carbons (Fsp3) is 0.0714. The van der Waals surface area contributed by atoms with Crippen molar-refractivity contribution in [3.63, 3.8) is 0 Å². The third-order valence-electron chi connectivity index (χ3n) is 2.48. The van der Waals surface area contributed by atoms with Crippen LogP contribution < -0.4 is 5.32 Å². The number of phenols is 1. The summed E-state index contributed by atoms with van der Waals surface area (Å²) in [7, 11) is 0. The smallest absolute Gasteiger partial charge is 0.412 e. The van der Waals surface area contributed by atoms with Gasteiger partial charge in [0.15, 0.2) is 5.75 Å². The van der Waals surface area contributed by atoms with Crippen molar-refractivity contribution in [1.82, 2.24) is 0 Å². The average Bonchev–Trinajstić information content (AvgIpc) is 2.43. The molecule has 2 rings (SSSR count). The van der Waals surface area contributed by atoms with Crippen molar-refractivity contribution in [2.45, 2.75) is 6.61 Å². The van der Waals surface area contributed by atoms with E-state index in [-0.39, 0.29) is 18.0 Å². The average molecular weight is 401 g/mol. The lowest BCUT2D eigenvalue weighted by atomic mass is 10.2. The molecular formula is C14H11Br2NO3. The number of amides is 1. The Morgan fingerprint density at radius 3 is 2.60 bits per heavy atom.